The molecule has 2 aliphatic heterocycles. The fourth-order valence-corrected chi connectivity index (χ4v) is 5.28. The number of carbonyl (C=O) groups excluding carboxylic acids is 4. The van der Waals surface area contributed by atoms with Gasteiger partial charge >= 0.3 is 12.1 Å². The minimum Gasteiger partial charge on any atom is -0.456 e. The number of thioether (sulfide) groups is 1. The highest BCUT2D eigenvalue weighted by Crippen LogP contribution is 2.48. The van der Waals surface area contributed by atoms with Crippen LogP contribution < -0.4 is 10.6 Å². The van der Waals surface area contributed by atoms with E-state index in [0.29, 0.717) is 22.6 Å². The van der Waals surface area contributed by atoms with Crippen molar-refractivity contribution in [3.63, 3.8) is 0 Å². The number of nitrogens with one attached hydrogen (secondary N) is 2. The number of non-ortho nitro benzene ring substituents is 1. The van der Waals surface area contributed by atoms with Crippen molar-refractivity contribution in [2.24, 2.45) is 5.92 Å². The number of anilines is 1. The lowest BCUT2D eigenvalue weighted by molar-refractivity contribution is -0.384. The Bertz CT molecular complexity index is 1380. The predicted octanol–water partition coefficient (Wildman–Crippen LogP) is 4.06. The first-order chi connectivity index (χ1) is 19.2. The fraction of sp³-hybridized carbons (Fsp3) is 0.259. The van der Waals surface area contributed by atoms with Gasteiger partial charge in [0, 0.05) is 42.3 Å². The molecule has 0 radical (unpaired) electrons. The predicted molar refractivity (Wildman–Crippen MR) is 145 cm³/mol. The Morgan fingerprint density at radius 3 is 2.52 bits per heavy atom. The number of para-hydroxylation sites is 1. The zero-order valence-corrected chi connectivity index (χ0v) is 22.4. The maximum Gasteiger partial charge on any atom is 0.411 e. The van der Waals surface area contributed by atoms with Gasteiger partial charge in [-0.2, -0.15) is 0 Å². The summed E-state index contributed by atoms with van der Waals surface area (Å²) >= 11 is 1.16. The third-order valence-electron chi connectivity index (χ3n) is 6.26. The van der Waals surface area contributed by atoms with Crippen molar-refractivity contribution >= 4 is 47.0 Å². The molecule has 0 aliphatic carbocycles. The minimum absolute atomic E-state index is 0.0755. The lowest BCUT2D eigenvalue weighted by atomic mass is 9.83. The Labute approximate surface area is 233 Å². The molecule has 1 saturated heterocycles. The van der Waals surface area contributed by atoms with Crippen molar-refractivity contribution < 1.29 is 33.6 Å². The quantitative estimate of drug-likeness (QED) is 0.187. The van der Waals surface area contributed by atoms with Crippen LogP contribution in [0.25, 0.3) is 0 Å². The number of hydrogen-bond donors (Lipinski definition) is 2. The molecule has 2 aliphatic rings. The van der Waals surface area contributed by atoms with Gasteiger partial charge in [0.1, 0.15) is 18.4 Å². The Hall–Kier alpha value is -4.65. The molecule has 12 nitrogen and oxygen atoms in total. The van der Waals surface area contributed by atoms with E-state index in [9.17, 15) is 29.3 Å². The van der Waals surface area contributed by atoms with Gasteiger partial charge in [-0.25, -0.2) is 9.59 Å². The second kappa shape index (κ2) is 12.5. The summed E-state index contributed by atoms with van der Waals surface area (Å²) in [5, 5.41) is 17.6. The molecule has 0 spiro atoms. The number of hydrogen-bond acceptors (Lipinski definition) is 9. The molecular formula is C27H26N4O8S. The highest BCUT2D eigenvalue weighted by Gasteiger charge is 2.58. The van der Waals surface area contributed by atoms with Gasteiger partial charge in [-0.15, -0.1) is 0 Å². The van der Waals surface area contributed by atoms with E-state index in [1.807, 2.05) is 6.07 Å². The summed E-state index contributed by atoms with van der Waals surface area (Å²) in [4.78, 5) is 62.2. The molecule has 0 saturated carbocycles. The van der Waals surface area contributed by atoms with Crippen LogP contribution >= 0.6 is 11.8 Å². The average molecular weight is 567 g/mol. The van der Waals surface area contributed by atoms with Crippen LogP contribution in [0.2, 0.25) is 0 Å². The molecule has 0 bridgehead atoms. The van der Waals surface area contributed by atoms with E-state index in [4.69, 9.17) is 9.47 Å². The van der Waals surface area contributed by atoms with E-state index in [-0.39, 0.29) is 29.8 Å². The maximum absolute atomic E-state index is 13.2. The first-order valence-electron chi connectivity index (χ1n) is 12.2. The SMILES string of the molecule is CC(=O)N/C=C/SC1=C(C(=O)OCc2ccc([N+](=O)[O-])cc2)N2C(=O)[C@H]([C@H](C)OC(=O)Nc3ccccc3)[C@H]2C1. The topological polar surface area (TPSA) is 157 Å². The van der Waals surface area contributed by atoms with Crippen molar-refractivity contribution in [2.45, 2.75) is 39.0 Å². The molecule has 2 aromatic rings. The zero-order chi connectivity index (χ0) is 28.8. The Balaban J connectivity index is 1.44. The third-order valence-corrected chi connectivity index (χ3v) is 7.18. The number of nitro groups is 1. The van der Waals surface area contributed by atoms with Crippen LogP contribution in [0.5, 0.6) is 0 Å². The van der Waals surface area contributed by atoms with Gasteiger partial charge in [-0.1, -0.05) is 30.0 Å². The fourth-order valence-electron chi connectivity index (χ4n) is 4.42. The number of amides is 3. The van der Waals surface area contributed by atoms with E-state index >= 15 is 0 Å². The molecule has 13 heteroatoms. The lowest BCUT2D eigenvalue weighted by Gasteiger charge is -2.45. The molecule has 2 N–H and O–H groups in total. The Morgan fingerprint density at radius 1 is 1.18 bits per heavy atom. The van der Waals surface area contributed by atoms with E-state index in [1.165, 1.54) is 42.3 Å². The molecule has 0 aromatic heterocycles. The molecule has 0 unspecified atom stereocenters. The van der Waals surface area contributed by atoms with Crippen molar-refractivity contribution in [1.82, 2.24) is 10.2 Å². The highest BCUT2D eigenvalue weighted by molar-refractivity contribution is 8.05. The summed E-state index contributed by atoms with van der Waals surface area (Å²) in [6.45, 7) is 2.82. The molecule has 40 heavy (non-hydrogen) atoms. The molecule has 2 heterocycles. The number of nitrogens with zero attached hydrogens (tertiary/aromatic N) is 2. The molecule has 4 rings (SSSR count). The largest absolute Gasteiger partial charge is 0.456 e. The number of esters is 1. The first kappa shape index (κ1) is 28.4. The highest BCUT2D eigenvalue weighted by atomic mass is 32.2. The van der Waals surface area contributed by atoms with Crippen LogP contribution in [0.15, 0.2) is 76.8 Å². The van der Waals surface area contributed by atoms with Crippen LogP contribution in [0.1, 0.15) is 25.8 Å². The van der Waals surface area contributed by atoms with E-state index < -0.39 is 35.0 Å². The Kier molecular flexibility index (Phi) is 8.84. The summed E-state index contributed by atoms with van der Waals surface area (Å²) in [6, 6.07) is 13.9. The van der Waals surface area contributed by atoms with E-state index in [2.05, 4.69) is 10.6 Å². The number of carbonyl (C=O) groups is 4. The van der Waals surface area contributed by atoms with Gasteiger partial charge < -0.3 is 19.7 Å². The van der Waals surface area contributed by atoms with Crippen LogP contribution in [0.3, 0.4) is 0 Å². The van der Waals surface area contributed by atoms with Gasteiger partial charge in [0.05, 0.1) is 16.9 Å². The van der Waals surface area contributed by atoms with Gasteiger partial charge in [0.25, 0.3) is 5.69 Å². The first-order valence-corrected chi connectivity index (χ1v) is 13.1. The summed E-state index contributed by atoms with van der Waals surface area (Å²) in [7, 11) is 0. The number of nitro benzene ring substituents is 1. The van der Waals surface area contributed by atoms with Crippen molar-refractivity contribution in [2.75, 3.05) is 5.32 Å². The van der Waals surface area contributed by atoms with E-state index in [1.54, 1.807) is 36.6 Å². The van der Waals surface area contributed by atoms with Crippen molar-refractivity contribution in [1.29, 1.82) is 0 Å². The monoisotopic (exact) mass is 566 g/mol. The molecule has 208 valence electrons. The standard InChI is InChI=1S/C27H26N4O8S/c1-16(39-27(35)29-19-6-4-3-5-7-19)23-21-14-22(40-13-12-28-17(2)32)24(30(21)25(23)33)26(34)38-15-18-8-10-20(11-9-18)31(36)37/h3-13,16,21,23H,14-15H2,1-2H3,(H,28,32)(H,29,35)/b13-12+/t16-,21+,23+/m0/s1. The summed E-state index contributed by atoms with van der Waals surface area (Å²) in [5.41, 5.74) is 1.07. The van der Waals surface area contributed by atoms with Crippen LogP contribution in [0, 0.1) is 16.0 Å². The van der Waals surface area contributed by atoms with Gasteiger partial charge in [-0.3, -0.25) is 25.0 Å². The Morgan fingerprint density at radius 2 is 1.88 bits per heavy atom. The summed E-state index contributed by atoms with van der Waals surface area (Å²) < 4.78 is 10.9. The number of ether oxygens (including phenoxy) is 2. The van der Waals surface area contributed by atoms with Gasteiger partial charge in [0.15, 0.2) is 0 Å². The minimum atomic E-state index is -0.769. The van der Waals surface area contributed by atoms with Crippen LogP contribution in [0.4, 0.5) is 16.2 Å². The summed E-state index contributed by atoms with van der Waals surface area (Å²) in [6.07, 6.45) is 0.274. The number of benzene rings is 2. The van der Waals surface area contributed by atoms with Crippen LogP contribution in [-0.4, -0.2) is 45.8 Å². The molecule has 1 fully saturated rings. The number of β-lactam (4-membered cyclic amide) rings is 1. The molecule has 3 amide bonds. The maximum atomic E-state index is 13.2. The number of fused-ring (bicyclic) bond motifs is 1. The smallest absolute Gasteiger partial charge is 0.411 e. The third kappa shape index (κ3) is 6.49. The molecule has 2 aromatic carbocycles. The molecular weight excluding hydrogens is 540 g/mol. The van der Waals surface area contributed by atoms with E-state index in [0.717, 1.165) is 11.8 Å². The second-order valence-electron chi connectivity index (χ2n) is 9.00. The van der Waals surface area contributed by atoms with Gasteiger partial charge in [0.2, 0.25) is 11.8 Å². The molecule has 3 atom stereocenters. The number of rotatable bonds is 10. The average Bonchev–Trinajstić information content (AvgIpc) is 3.24. The van der Waals surface area contributed by atoms with Gasteiger partial charge in [-0.05, 0) is 42.2 Å². The van der Waals surface area contributed by atoms with Crippen LogP contribution in [-0.2, 0) is 30.5 Å². The van der Waals surface area contributed by atoms with Crippen molar-refractivity contribution in [3.8, 4) is 0 Å². The second-order valence-corrected chi connectivity index (χ2v) is 10.0. The zero-order valence-electron chi connectivity index (χ0n) is 21.6. The lowest BCUT2D eigenvalue weighted by Crippen LogP contribution is -2.62. The normalized spacial score (nSPS) is 18.6. The summed E-state index contributed by atoms with van der Waals surface area (Å²) in [5.74, 6) is -2.05. The van der Waals surface area contributed by atoms with Crippen molar-refractivity contribution in [3.05, 3.63) is 92.5 Å².